The fourth-order valence-corrected chi connectivity index (χ4v) is 3.21. The third kappa shape index (κ3) is 3.59. The van der Waals surface area contributed by atoms with Crippen molar-refractivity contribution in [2.45, 2.75) is 31.7 Å². The van der Waals surface area contributed by atoms with Gasteiger partial charge in [-0.1, -0.05) is 11.6 Å². The largest absolute Gasteiger partial charge is 0.328 e. The molecule has 18 heavy (non-hydrogen) atoms. The van der Waals surface area contributed by atoms with Crippen molar-refractivity contribution in [2.75, 3.05) is 5.32 Å². The fourth-order valence-electron chi connectivity index (χ4n) is 2.21. The first-order valence-electron chi connectivity index (χ1n) is 6.08. The minimum atomic E-state index is 0.0938. The summed E-state index contributed by atoms with van der Waals surface area (Å²) in [6, 6.07) is 5.74. The molecule has 0 saturated heterocycles. The Morgan fingerprint density at radius 2 is 2.00 bits per heavy atom. The molecule has 1 aliphatic carbocycles. The van der Waals surface area contributed by atoms with E-state index in [0.717, 1.165) is 34.9 Å². The number of anilines is 1. The number of rotatable bonds is 2. The molecule has 1 fully saturated rings. The number of hydrogen-bond acceptors (Lipinski definition) is 2. The average molecular weight is 379 g/mol. The van der Waals surface area contributed by atoms with Crippen LogP contribution in [0.2, 0.25) is 5.02 Å². The SMILES string of the molecule is NC1CCC(C(=O)Nc2ccc(Cl)cc2I)CC1. The van der Waals surface area contributed by atoms with Gasteiger partial charge in [0.2, 0.25) is 5.91 Å². The molecule has 1 amide bonds. The first kappa shape index (κ1) is 14.1. The standard InChI is InChI=1S/C13H16ClIN2O/c14-9-3-6-12(11(15)7-9)17-13(18)8-1-4-10(16)5-2-8/h3,6-8,10H,1-2,4-5,16H2,(H,17,18). The van der Waals surface area contributed by atoms with Crippen molar-refractivity contribution >= 4 is 45.8 Å². The van der Waals surface area contributed by atoms with Gasteiger partial charge in [0.05, 0.1) is 5.69 Å². The van der Waals surface area contributed by atoms with Gasteiger partial charge in [0.25, 0.3) is 0 Å². The van der Waals surface area contributed by atoms with Gasteiger partial charge in [0.1, 0.15) is 0 Å². The summed E-state index contributed by atoms with van der Waals surface area (Å²) in [6.45, 7) is 0. The molecule has 0 atom stereocenters. The molecule has 0 heterocycles. The predicted molar refractivity (Wildman–Crippen MR) is 82.7 cm³/mol. The van der Waals surface area contributed by atoms with Crippen LogP contribution in [0.1, 0.15) is 25.7 Å². The number of carbonyl (C=O) groups is 1. The Labute approximate surface area is 126 Å². The van der Waals surface area contributed by atoms with Gasteiger partial charge in [-0.05, 0) is 66.5 Å². The molecule has 1 aromatic rings. The van der Waals surface area contributed by atoms with E-state index in [4.69, 9.17) is 17.3 Å². The van der Waals surface area contributed by atoms with Crippen LogP contribution in [-0.4, -0.2) is 11.9 Å². The number of halogens is 2. The Balaban J connectivity index is 1.98. The first-order chi connectivity index (χ1) is 8.56. The van der Waals surface area contributed by atoms with Crippen molar-refractivity contribution < 1.29 is 4.79 Å². The molecular weight excluding hydrogens is 363 g/mol. The van der Waals surface area contributed by atoms with Crippen LogP contribution in [0.5, 0.6) is 0 Å². The van der Waals surface area contributed by atoms with Gasteiger partial charge in [-0.3, -0.25) is 4.79 Å². The molecular formula is C13H16ClIN2O. The molecule has 0 radical (unpaired) electrons. The van der Waals surface area contributed by atoms with Crippen molar-refractivity contribution in [1.29, 1.82) is 0 Å². The molecule has 1 saturated carbocycles. The maximum Gasteiger partial charge on any atom is 0.227 e. The van der Waals surface area contributed by atoms with E-state index in [1.54, 1.807) is 6.07 Å². The zero-order valence-electron chi connectivity index (χ0n) is 9.96. The highest BCUT2D eigenvalue weighted by atomic mass is 127. The van der Waals surface area contributed by atoms with Crippen LogP contribution in [0.25, 0.3) is 0 Å². The van der Waals surface area contributed by atoms with Crippen LogP contribution in [0, 0.1) is 9.49 Å². The average Bonchev–Trinajstić information content (AvgIpc) is 2.33. The molecule has 3 N–H and O–H groups in total. The number of amides is 1. The van der Waals surface area contributed by atoms with Crippen molar-refractivity contribution in [1.82, 2.24) is 0 Å². The summed E-state index contributed by atoms with van der Waals surface area (Å²) in [4.78, 5) is 12.1. The molecule has 0 aromatic heterocycles. The Morgan fingerprint density at radius 1 is 1.33 bits per heavy atom. The normalized spacial score (nSPS) is 23.7. The summed E-state index contributed by atoms with van der Waals surface area (Å²) in [6.07, 6.45) is 3.65. The highest BCUT2D eigenvalue weighted by molar-refractivity contribution is 14.1. The van der Waals surface area contributed by atoms with E-state index in [9.17, 15) is 4.79 Å². The molecule has 0 unspecified atom stereocenters. The lowest BCUT2D eigenvalue weighted by molar-refractivity contribution is -0.120. The smallest absolute Gasteiger partial charge is 0.227 e. The quantitative estimate of drug-likeness (QED) is 0.775. The monoisotopic (exact) mass is 378 g/mol. The van der Waals surface area contributed by atoms with Crippen LogP contribution in [0.4, 0.5) is 5.69 Å². The number of hydrogen-bond donors (Lipinski definition) is 2. The second-order valence-corrected chi connectivity index (χ2v) is 6.32. The number of nitrogens with one attached hydrogen (secondary N) is 1. The molecule has 98 valence electrons. The van der Waals surface area contributed by atoms with Gasteiger partial charge in [-0.2, -0.15) is 0 Å². The molecule has 1 aliphatic rings. The third-order valence-corrected chi connectivity index (χ3v) is 4.46. The van der Waals surface area contributed by atoms with Crippen LogP contribution >= 0.6 is 34.2 Å². The van der Waals surface area contributed by atoms with Gasteiger partial charge >= 0.3 is 0 Å². The zero-order valence-corrected chi connectivity index (χ0v) is 12.9. The maximum atomic E-state index is 12.1. The molecule has 2 rings (SSSR count). The first-order valence-corrected chi connectivity index (χ1v) is 7.53. The van der Waals surface area contributed by atoms with Crippen molar-refractivity contribution in [2.24, 2.45) is 11.7 Å². The molecule has 0 bridgehead atoms. The Morgan fingerprint density at radius 3 is 2.61 bits per heavy atom. The molecule has 5 heteroatoms. The van der Waals surface area contributed by atoms with Crippen LogP contribution in [-0.2, 0) is 4.79 Å². The lowest BCUT2D eigenvalue weighted by atomic mass is 9.86. The van der Waals surface area contributed by atoms with E-state index < -0.39 is 0 Å². The van der Waals surface area contributed by atoms with Crippen molar-refractivity contribution in [3.63, 3.8) is 0 Å². The third-order valence-electron chi connectivity index (χ3n) is 3.33. The maximum absolute atomic E-state index is 12.1. The number of carbonyl (C=O) groups excluding carboxylic acids is 1. The number of benzene rings is 1. The van der Waals surface area contributed by atoms with Gasteiger partial charge < -0.3 is 11.1 Å². The van der Waals surface area contributed by atoms with Gasteiger partial charge in [-0.15, -0.1) is 0 Å². The second-order valence-electron chi connectivity index (χ2n) is 4.73. The van der Waals surface area contributed by atoms with E-state index in [1.165, 1.54) is 0 Å². The Bertz CT molecular complexity index is 445. The lowest BCUT2D eigenvalue weighted by Gasteiger charge is -2.25. The molecule has 0 spiro atoms. The number of nitrogens with two attached hydrogens (primary N) is 1. The minimum Gasteiger partial charge on any atom is -0.328 e. The summed E-state index contributed by atoms with van der Waals surface area (Å²) in [7, 11) is 0. The van der Waals surface area contributed by atoms with E-state index in [-0.39, 0.29) is 17.9 Å². The van der Waals surface area contributed by atoms with Crippen LogP contribution in [0.3, 0.4) is 0 Å². The zero-order chi connectivity index (χ0) is 13.1. The fraction of sp³-hybridized carbons (Fsp3) is 0.462. The second kappa shape index (κ2) is 6.21. The topological polar surface area (TPSA) is 55.1 Å². The Hall–Kier alpha value is -0.330. The van der Waals surface area contributed by atoms with E-state index in [0.29, 0.717) is 5.02 Å². The Kier molecular flexibility index (Phi) is 4.86. The summed E-state index contributed by atoms with van der Waals surface area (Å²) in [5, 5.41) is 3.66. The summed E-state index contributed by atoms with van der Waals surface area (Å²) < 4.78 is 0.959. The highest BCUT2D eigenvalue weighted by Gasteiger charge is 2.24. The summed E-state index contributed by atoms with van der Waals surface area (Å²) >= 11 is 8.06. The molecule has 1 aromatic carbocycles. The highest BCUT2D eigenvalue weighted by Crippen LogP contribution is 2.27. The van der Waals surface area contributed by atoms with Crippen LogP contribution in [0.15, 0.2) is 18.2 Å². The molecule has 3 nitrogen and oxygen atoms in total. The van der Waals surface area contributed by atoms with Gasteiger partial charge in [0.15, 0.2) is 0 Å². The summed E-state index contributed by atoms with van der Waals surface area (Å²) in [5.41, 5.74) is 6.68. The van der Waals surface area contributed by atoms with Crippen molar-refractivity contribution in [3.8, 4) is 0 Å². The lowest BCUT2D eigenvalue weighted by Crippen LogP contribution is -2.32. The van der Waals surface area contributed by atoms with Gasteiger partial charge in [-0.25, -0.2) is 0 Å². The summed E-state index contributed by atoms with van der Waals surface area (Å²) in [5.74, 6) is 0.193. The van der Waals surface area contributed by atoms with Gasteiger partial charge in [0, 0.05) is 20.6 Å². The van der Waals surface area contributed by atoms with E-state index in [1.807, 2.05) is 12.1 Å². The van der Waals surface area contributed by atoms with Crippen LogP contribution < -0.4 is 11.1 Å². The van der Waals surface area contributed by atoms with E-state index >= 15 is 0 Å². The van der Waals surface area contributed by atoms with Crippen molar-refractivity contribution in [3.05, 3.63) is 26.8 Å². The predicted octanol–water partition coefficient (Wildman–Crippen LogP) is 3.40. The minimum absolute atomic E-state index is 0.0938. The molecule has 0 aliphatic heterocycles. The van der Waals surface area contributed by atoms with E-state index in [2.05, 4.69) is 27.9 Å².